The summed E-state index contributed by atoms with van der Waals surface area (Å²) >= 11 is -4.27. The molecule has 2 heterocycles. The van der Waals surface area contributed by atoms with Crippen molar-refractivity contribution in [1.29, 1.82) is 0 Å². The van der Waals surface area contributed by atoms with Crippen molar-refractivity contribution in [2.75, 3.05) is 185 Å². The fourth-order valence-corrected chi connectivity index (χ4v) is 7.40. The Morgan fingerprint density at radius 2 is 0.267 bits per heavy atom. The van der Waals surface area contributed by atoms with Gasteiger partial charge in [-0.2, -0.15) is 0 Å². The third-order valence-corrected chi connectivity index (χ3v) is 10.4. The van der Waals surface area contributed by atoms with Crippen LogP contribution in [0, 0.1) is 0 Å². The molecule has 0 saturated carbocycles. The molecule has 2 rings (SSSR count). The summed E-state index contributed by atoms with van der Waals surface area (Å²) < 4.78 is 91.4. The van der Waals surface area contributed by atoms with E-state index in [0.29, 0.717) is 159 Å². The first-order chi connectivity index (χ1) is 22.4. The van der Waals surface area contributed by atoms with E-state index < -0.39 is 14.6 Å². The van der Waals surface area contributed by atoms with Crippen LogP contribution < -0.4 is 0 Å². The Morgan fingerprint density at radius 3 is 0.400 bits per heavy atom. The Labute approximate surface area is 271 Å². The predicted octanol–water partition coefficient (Wildman–Crippen LogP) is -0.285. The summed E-state index contributed by atoms with van der Waals surface area (Å²) in [6, 6.07) is 0. The molecule has 0 aromatic carbocycles. The van der Waals surface area contributed by atoms with Crippen molar-refractivity contribution in [3.8, 4) is 0 Å². The van der Waals surface area contributed by atoms with Crippen molar-refractivity contribution in [2.45, 2.75) is 0 Å². The SMILES string of the molecule is C1COCCOCCOCC[O][Ge]2([O]CCOCCOCCO1)[O]CCOCCOCCOCCOCCOCCOCC[O]2. The van der Waals surface area contributed by atoms with Crippen LogP contribution in [0.15, 0.2) is 0 Å². The fourth-order valence-electron chi connectivity index (χ4n) is 3.56. The zero-order valence-corrected chi connectivity index (χ0v) is 28.9. The first-order valence-electron chi connectivity index (χ1n) is 15.9. The Balaban J connectivity index is 1.87. The molecule has 0 unspecified atom stereocenters. The minimum absolute atomic E-state index is 0.214. The monoisotopic (exact) mass is 722 g/mol. The molecule has 2 saturated heterocycles. The van der Waals surface area contributed by atoms with Gasteiger partial charge in [-0.1, -0.05) is 0 Å². The summed E-state index contributed by atoms with van der Waals surface area (Å²) in [5.41, 5.74) is 0. The van der Waals surface area contributed by atoms with Gasteiger partial charge in [-0.25, -0.2) is 0 Å². The molecule has 0 bridgehead atoms. The first kappa shape index (κ1) is 41.1. The van der Waals surface area contributed by atoms with Crippen molar-refractivity contribution < 1.29 is 71.9 Å². The Bertz CT molecular complexity index is 509. The molecule has 268 valence electrons. The van der Waals surface area contributed by atoms with Crippen LogP contribution >= 0.6 is 0 Å². The summed E-state index contributed by atoms with van der Waals surface area (Å²) in [6.07, 6.45) is 0. The summed E-state index contributed by atoms with van der Waals surface area (Å²) in [5.74, 6) is 0. The van der Waals surface area contributed by atoms with Crippen molar-refractivity contribution in [3.63, 3.8) is 0 Å². The molecule has 0 aromatic heterocycles. The molecular formula is C28H56GeO16. The average molecular weight is 721 g/mol. The summed E-state index contributed by atoms with van der Waals surface area (Å²) in [5, 5.41) is 0. The summed E-state index contributed by atoms with van der Waals surface area (Å²) in [6.45, 7) is 11.3. The summed E-state index contributed by atoms with van der Waals surface area (Å²) in [7, 11) is 0. The Morgan fingerprint density at radius 1 is 0.156 bits per heavy atom. The molecule has 0 aromatic rings. The van der Waals surface area contributed by atoms with Gasteiger partial charge in [0.2, 0.25) is 0 Å². The van der Waals surface area contributed by atoms with Gasteiger partial charge in [0.1, 0.15) is 0 Å². The Kier molecular flexibility index (Phi) is 29.6. The molecule has 2 aliphatic rings. The molecule has 0 amide bonds. The van der Waals surface area contributed by atoms with Gasteiger partial charge in [-0.3, -0.25) is 0 Å². The molecular weight excluding hydrogens is 665 g/mol. The molecule has 45 heavy (non-hydrogen) atoms. The van der Waals surface area contributed by atoms with E-state index in [1.54, 1.807) is 0 Å². The van der Waals surface area contributed by atoms with E-state index in [-0.39, 0.29) is 26.4 Å². The molecule has 0 radical (unpaired) electrons. The number of hydrogen-bond acceptors (Lipinski definition) is 16. The van der Waals surface area contributed by atoms with Crippen LogP contribution in [-0.2, 0) is 71.9 Å². The molecule has 0 atom stereocenters. The van der Waals surface area contributed by atoms with Gasteiger partial charge in [-0.05, 0) is 0 Å². The normalized spacial score (nSPS) is 25.6. The fraction of sp³-hybridized carbons (Fsp3) is 1.00. The van der Waals surface area contributed by atoms with Crippen LogP contribution in [0.3, 0.4) is 0 Å². The third-order valence-electron chi connectivity index (χ3n) is 5.75. The van der Waals surface area contributed by atoms with Gasteiger partial charge in [0, 0.05) is 0 Å². The molecule has 2 fully saturated rings. The second-order valence-electron chi connectivity index (χ2n) is 9.24. The van der Waals surface area contributed by atoms with Crippen LogP contribution in [0.1, 0.15) is 0 Å². The Hall–Kier alpha value is -0.0971. The van der Waals surface area contributed by atoms with Gasteiger partial charge in [-0.15, -0.1) is 0 Å². The van der Waals surface area contributed by atoms with E-state index in [0.717, 1.165) is 0 Å². The van der Waals surface area contributed by atoms with E-state index in [1.807, 2.05) is 0 Å². The van der Waals surface area contributed by atoms with Crippen molar-refractivity contribution in [1.82, 2.24) is 0 Å². The van der Waals surface area contributed by atoms with Gasteiger partial charge in [0.15, 0.2) is 0 Å². The van der Waals surface area contributed by atoms with Gasteiger partial charge in [0.25, 0.3) is 0 Å². The molecule has 1 spiro atoms. The van der Waals surface area contributed by atoms with Crippen molar-refractivity contribution in [3.05, 3.63) is 0 Å². The topological polar surface area (TPSA) is 148 Å². The second kappa shape index (κ2) is 32.4. The van der Waals surface area contributed by atoms with Crippen molar-refractivity contribution >= 4 is 14.6 Å². The molecule has 16 nitrogen and oxygen atoms in total. The number of hydrogen-bond donors (Lipinski definition) is 0. The van der Waals surface area contributed by atoms with Gasteiger partial charge < -0.3 is 0 Å². The average Bonchev–Trinajstić information content (AvgIpc) is 3.05. The van der Waals surface area contributed by atoms with Gasteiger partial charge in [0.05, 0.1) is 0 Å². The van der Waals surface area contributed by atoms with E-state index >= 15 is 0 Å². The van der Waals surface area contributed by atoms with Crippen LogP contribution in [0.4, 0.5) is 0 Å². The number of rotatable bonds is 0. The molecule has 2 aliphatic heterocycles. The van der Waals surface area contributed by atoms with Crippen molar-refractivity contribution in [2.24, 2.45) is 0 Å². The summed E-state index contributed by atoms with van der Waals surface area (Å²) in [4.78, 5) is 0. The molecule has 0 N–H and O–H groups in total. The predicted molar refractivity (Wildman–Crippen MR) is 159 cm³/mol. The van der Waals surface area contributed by atoms with E-state index in [4.69, 9.17) is 71.9 Å². The van der Waals surface area contributed by atoms with E-state index in [9.17, 15) is 0 Å². The zero-order valence-electron chi connectivity index (χ0n) is 26.8. The van der Waals surface area contributed by atoms with E-state index in [1.165, 1.54) is 0 Å². The van der Waals surface area contributed by atoms with Gasteiger partial charge >= 0.3 is 272 Å². The number of ether oxygens (including phenoxy) is 12. The molecule has 0 aliphatic carbocycles. The van der Waals surface area contributed by atoms with Crippen LogP contribution in [0.2, 0.25) is 0 Å². The van der Waals surface area contributed by atoms with Crippen LogP contribution in [0.5, 0.6) is 0 Å². The zero-order chi connectivity index (χ0) is 31.6. The van der Waals surface area contributed by atoms with Crippen LogP contribution in [0.25, 0.3) is 0 Å². The first-order valence-corrected chi connectivity index (χ1v) is 19.3. The molecule has 17 heteroatoms. The minimum atomic E-state index is -4.27. The maximum absolute atomic E-state index is 6.16. The van der Waals surface area contributed by atoms with Crippen LogP contribution in [-0.4, -0.2) is 200 Å². The maximum atomic E-state index is 6.16. The third kappa shape index (κ3) is 26.5. The second-order valence-corrected chi connectivity index (χ2v) is 13.8. The van der Waals surface area contributed by atoms with E-state index in [2.05, 4.69) is 0 Å². The quantitative estimate of drug-likeness (QED) is 0.302. The standard InChI is InChI=1S/C28H56GeO16/c1-2-31-6-10-35-14-18-39-22-26-43-29(42-25-21-38-17-13-34-9-5-30-1)44-27-23-40-19-15-36-11-7-32-3-4-33-8-12-37-16-20-41-24-28-45-29/h1-28H2.